The first-order chi connectivity index (χ1) is 7.31. The summed E-state index contributed by atoms with van der Waals surface area (Å²) in [6.45, 7) is 0. The minimum Gasteiger partial charge on any atom is -0.478 e. The van der Waals surface area contributed by atoms with Crippen molar-refractivity contribution in [1.29, 1.82) is 0 Å². The van der Waals surface area contributed by atoms with Crippen LogP contribution in [-0.2, 0) is 10.0 Å². The van der Waals surface area contributed by atoms with Crippen molar-refractivity contribution in [3.8, 4) is 0 Å². The highest BCUT2D eigenvalue weighted by Gasteiger charge is 2.23. The third-order valence-electron chi connectivity index (χ3n) is 1.83. The van der Waals surface area contributed by atoms with E-state index in [0.717, 1.165) is 6.07 Å². The van der Waals surface area contributed by atoms with Crippen LogP contribution >= 0.6 is 23.2 Å². The van der Waals surface area contributed by atoms with Gasteiger partial charge in [-0.15, -0.1) is 0 Å². The molecule has 16 heavy (non-hydrogen) atoms. The maximum absolute atomic E-state index is 11.5. The Morgan fingerprint density at radius 2 is 1.94 bits per heavy atom. The van der Waals surface area contributed by atoms with E-state index in [0.29, 0.717) is 0 Å². The number of sulfonamides is 1. The van der Waals surface area contributed by atoms with Gasteiger partial charge >= 0.3 is 5.97 Å². The Labute approximate surface area is 102 Å². The van der Waals surface area contributed by atoms with Gasteiger partial charge in [0.1, 0.15) is 4.90 Å². The molecule has 0 saturated heterocycles. The van der Waals surface area contributed by atoms with Crippen molar-refractivity contribution in [2.45, 2.75) is 4.90 Å². The maximum Gasteiger partial charge on any atom is 0.338 e. The molecule has 0 saturated carbocycles. The van der Waals surface area contributed by atoms with E-state index in [1.807, 2.05) is 4.72 Å². The monoisotopic (exact) mass is 283 g/mol. The molecule has 0 amide bonds. The van der Waals surface area contributed by atoms with Gasteiger partial charge in [-0.3, -0.25) is 0 Å². The third-order valence-corrected chi connectivity index (χ3v) is 4.10. The highest BCUT2D eigenvalue weighted by atomic mass is 35.5. The van der Waals surface area contributed by atoms with E-state index >= 15 is 0 Å². The zero-order valence-electron chi connectivity index (χ0n) is 7.99. The van der Waals surface area contributed by atoms with Crippen LogP contribution in [0, 0.1) is 0 Å². The fraction of sp³-hybridized carbons (Fsp3) is 0.125. The number of aromatic carboxylic acids is 1. The molecule has 2 N–H and O–H groups in total. The van der Waals surface area contributed by atoms with E-state index in [1.165, 1.54) is 13.1 Å². The van der Waals surface area contributed by atoms with Crippen LogP contribution < -0.4 is 4.72 Å². The Bertz CT molecular complexity index is 541. The molecule has 0 heterocycles. The highest BCUT2D eigenvalue weighted by Crippen LogP contribution is 2.30. The van der Waals surface area contributed by atoms with Crippen molar-refractivity contribution in [2.24, 2.45) is 0 Å². The number of hydrogen-bond acceptors (Lipinski definition) is 3. The molecule has 0 fully saturated rings. The minimum absolute atomic E-state index is 0.118. The molecular formula is C8H7Cl2NO4S. The topological polar surface area (TPSA) is 83.5 Å². The second kappa shape index (κ2) is 4.58. The van der Waals surface area contributed by atoms with Gasteiger partial charge in [0.25, 0.3) is 0 Å². The van der Waals surface area contributed by atoms with E-state index in [1.54, 1.807) is 0 Å². The van der Waals surface area contributed by atoms with Gasteiger partial charge in [0.2, 0.25) is 10.0 Å². The summed E-state index contributed by atoms with van der Waals surface area (Å²) in [5, 5.41) is 8.30. The van der Waals surface area contributed by atoms with Crippen LogP contribution in [0.5, 0.6) is 0 Å². The fourth-order valence-electron chi connectivity index (χ4n) is 1.05. The molecule has 0 aliphatic heterocycles. The number of carboxylic acid groups (broad SMARTS) is 1. The number of carbonyl (C=O) groups is 1. The number of benzene rings is 1. The molecule has 8 heteroatoms. The van der Waals surface area contributed by atoms with Crippen molar-refractivity contribution in [1.82, 2.24) is 4.72 Å². The first-order valence-corrected chi connectivity index (χ1v) is 6.20. The van der Waals surface area contributed by atoms with Gasteiger partial charge in [0.05, 0.1) is 15.6 Å². The summed E-state index contributed by atoms with van der Waals surface area (Å²) in [4.78, 5) is 10.5. The summed E-state index contributed by atoms with van der Waals surface area (Å²) in [7, 11) is -2.61. The Morgan fingerprint density at radius 3 is 2.38 bits per heavy atom. The second-order valence-corrected chi connectivity index (χ2v) is 5.39. The second-order valence-electron chi connectivity index (χ2n) is 2.75. The molecule has 0 radical (unpaired) electrons. The van der Waals surface area contributed by atoms with Gasteiger partial charge in [0.15, 0.2) is 0 Å². The lowest BCUT2D eigenvalue weighted by Crippen LogP contribution is -2.19. The molecule has 5 nitrogen and oxygen atoms in total. The summed E-state index contributed by atoms with van der Waals surface area (Å²) in [6.07, 6.45) is 0. The largest absolute Gasteiger partial charge is 0.478 e. The lowest BCUT2D eigenvalue weighted by Gasteiger charge is -2.08. The van der Waals surface area contributed by atoms with Crippen molar-refractivity contribution in [3.05, 3.63) is 27.7 Å². The van der Waals surface area contributed by atoms with E-state index in [9.17, 15) is 13.2 Å². The van der Waals surface area contributed by atoms with Crippen molar-refractivity contribution in [3.63, 3.8) is 0 Å². The zero-order chi connectivity index (χ0) is 12.5. The lowest BCUT2D eigenvalue weighted by molar-refractivity contribution is 0.0697. The molecule has 0 bridgehead atoms. The number of carboxylic acids is 1. The van der Waals surface area contributed by atoms with Crippen molar-refractivity contribution in [2.75, 3.05) is 7.05 Å². The van der Waals surface area contributed by atoms with Crippen LogP contribution in [0.1, 0.15) is 10.4 Å². The van der Waals surface area contributed by atoms with E-state index in [4.69, 9.17) is 28.3 Å². The molecule has 0 atom stereocenters. The molecule has 0 aliphatic carbocycles. The normalized spacial score (nSPS) is 11.4. The van der Waals surface area contributed by atoms with Crippen molar-refractivity contribution >= 4 is 39.2 Å². The number of rotatable bonds is 3. The Kier molecular flexibility index (Phi) is 3.80. The van der Waals surface area contributed by atoms with Crippen LogP contribution in [0.4, 0.5) is 0 Å². The highest BCUT2D eigenvalue weighted by molar-refractivity contribution is 7.89. The molecule has 0 aromatic heterocycles. The van der Waals surface area contributed by atoms with Crippen LogP contribution in [-0.4, -0.2) is 26.5 Å². The van der Waals surface area contributed by atoms with Crippen LogP contribution in [0.3, 0.4) is 0 Å². The zero-order valence-corrected chi connectivity index (χ0v) is 10.3. The molecular weight excluding hydrogens is 277 g/mol. The smallest absolute Gasteiger partial charge is 0.338 e. The van der Waals surface area contributed by atoms with E-state index < -0.39 is 26.6 Å². The van der Waals surface area contributed by atoms with Crippen LogP contribution in [0.25, 0.3) is 0 Å². The lowest BCUT2D eigenvalue weighted by atomic mass is 10.2. The standard InChI is InChI=1S/C8H7Cl2NO4S/c1-11-16(14,15)5-3-2-4(9)6(7(5)10)8(12)13/h2-3,11H,1H3,(H,12,13). The minimum atomic E-state index is -3.81. The van der Waals surface area contributed by atoms with Gasteiger partial charge < -0.3 is 5.11 Å². The first kappa shape index (κ1) is 13.2. The number of nitrogens with one attached hydrogen (secondary N) is 1. The van der Waals surface area contributed by atoms with Crippen LogP contribution in [0.2, 0.25) is 10.0 Å². The molecule has 1 aromatic carbocycles. The predicted molar refractivity (Wildman–Crippen MR) is 59.7 cm³/mol. The fourth-order valence-corrected chi connectivity index (χ4v) is 2.69. The predicted octanol–water partition coefficient (Wildman–Crippen LogP) is 1.60. The summed E-state index contributed by atoms with van der Waals surface area (Å²) in [5.74, 6) is -1.39. The first-order valence-electron chi connectivity index (χ1n) is 3.96. The molecule has 0 spiro atoms. The van der Waals surface area contributed by atoms with Gasteiger partial charge in [-0.1, -0.05) is 23.2 Å². The van der Waals surface area contributed by atoms with Gasteiger partial charge in [-0.05, 0) is 19.2 Å². The average molecular weight is 284 g/mol. The maximum atomic E-state index is 11.5. The van der Waals surface area contributed by atoms with Gasteiger partial charge in [-0.2, -0.15) is 0 Å². The number of halogens is 2. The summed E-state index contributed by atoms with van der Waals surface area (Å²) in [5.41, 5.74) is -0.431. The summed E-state index contributed by atoms with van der Waals surface area (Å²) in [6, 6.07) is 2.31. The SMILES string of the molecule is CNS(=O)(=O)c1ccc(Cl)c(C(=O)O)c1Cl. The molecule has 0 unspecified atom stereocenters. The number of hydrogen-bond donors (Lipinski definition) is 2. The Hall–Kier alpha value is -0.820. The van der Waals surface area contributed by atoms with E-state index in [-0.39, 0.29) is 9.92 Å². The average Bonchev–Trinajstić information content (AvgIpc) is 2.16. The van der Waals surface area contributed by atoms with Gasteiger partial charge in [0, 0.05) is 0 Å². The van der Waals surface area contributed by atoms with Crippen LogP contribution in [0.15, 0.2) is 17.0 Å². The third kappa shape index (κ3) is 2.30. The van der Waals surface area contributed by atoms with Crippen molar-refractivity contribution < 1.29 is 18.3 Å². The molecule has 1 aromatic rings. The van der Waals surface area contributed by atoms with E-state index in [2.05, 4.69) is 0 Å². The summed E-state index contributed by atoms with van der Waals surface area (Å²) >= 11 is 11.3. The Balaban J connectivity index is 3.59. The molecule has 1 rings (SSSR count). The summed E-state index contributed by atoms with van der Waals surface area (Å²) < 4.78 is 25.0. The molecule has 88 valence electrons. The van der Waals surface area contributed by atoms with Gasteiger partial charge in [-0.25, -0.2) is 17.9 Å². The quantitative estimate of drug-likeness (QED) is 0.883. The Morgan fingerprint density at radius 1 is 1.38 bits per heavy atom. The molecule has 0 aliphatic rings.